The van der Waals surface area contributed by atoms with Crippen LogP contribution in [-0.4, -0.2) is 47.0 Å². The predicted octanol–water partition coefficient (Wildman–Crippen LogP) is 2.43. The fourth-order valence-electron chi connectivity index (χ4n) is 2.68. The van der Waals surface area contributed by atoms with Crippen LogP contribution in [0.4, 0.5) is 0 Å². The number of amides is 1. The lowest BCUT2D eigenvalue weighted by atomic mass is 9.99. The number of carbonyl (C=O) groups excluding carboxylic acids is 1. The van der Waals surface area contributed by atoms with Gasteiger partial charge in [-0.15, -0.1) is 11.8 Å². The van der Waals surface area contributed by atoms with E-state index < -0.39 is 0 Å². The summed E-state index contributed by atoms with van der Waals surface area (Å²) in [7, 11) is 1.68. The average molecular weight is 309 g/mol. The van der Waals surface area contributed by atoms with Crippen molar-refractivity contribution in [2.75, 3.05) is 30.9 Å². The van der Waals surface area contributed by atoms with Crippen molar-refractivity contribution in [2.45, 2.75) is 18.2 Å². The highest BCUT2D eigenvalue weighted by Crippen LogP contribution is 2.29. The molecule has 2 aliphatic heterocycles. The lowest BCUT2D eigenvalue weighted by molar-refractivity contribution is -0.131. The van der Waals surface area contributed by atoms with Gasteiger partial charge in [-0.2, -0.15) is 11.8 Å². The number of carbonyl (C=O) groups is 1. The summed E-state index contributed by atoms with van der Waals surface area (Å²) in [6.45, 7) is 1.58. The van der Waals surface area contributed by atoms with Crippen LogP contribution in [0.25, 0.3) is 0 Å². The third-order valence-corrected chi connectivity index (χ3v) is 6.57. The van der Waals surface area contributed by atoms with Gasteiger partial charge in [-0.25, -0.2) is 0 Å². The monoisotopic (exact) mass is 309 g/mol. The summed E-state index contributed by atoms with van der Waals surface area (Å²) in [6.07, 6.45) is 0.954. The Hall–Kier alpha value is -0.810. The molecular weight excluding hydrogens is 290 g/mol. The zero-order chi connectivity index (χ0) is 13.9. The maximum atomic E-state index is 12.6. The van der Waals surface area contributed by atoms with Crippen molar-refractivity contribution in [3.63, 3.8) is 0 Å². The van der Waals surface area contributed by atoms with E-state index >= 15 is 0 Å². The van der Waals surface area contributed by atoms with Crippen LogP contribution < -0.4 is 4.74 Å². The van der Waals surface area contributed by atoms with Crippen molar-refractivity contribution >= 4 is 29.4 Å². The number of benzene rings is 1. The Bertz CT molecular complexity index is 501. The molecule has 0 radical (unpaired) electrons. The van der Waals surface area contributed by atoms with Crippen molar-refractivity contribution in [2.24, 2.45) is 0 Å². The van der Waals surface area contributed by atoms with Crippen LogP contribution in [0.5, 0.6) is 5.75 Å². The highest BCUT2D eigenvalue weighted by molar-refractivity contribution is 8.07. The molecule has 0 N–H and O–H groups in total. The number of hydrogen-bond donors (Lipinski definition) is 0. The molecule has 1 unspecified atom stereocenters. The first-order chi connectivity index (χ1) is 9.78. The van der Waals surface area contributed by atoms with Gasteiger partial charge in [0.2, 0.25) is 5.91 Å². The molecule has 0 bridgehead atoms. The summed E-state index contributed by atoms with van der Waals surface area (Å²) in [5.74, 6) is 4.43. The second-order valence-electron chi connectivity index (χ2n) is 5.08. The van der Waals surface area contributed by atoms with Crippen molar-refractivity contribution < 1.29 is 9.53 Å². The van der Waals surface area contributed by atoms with Crippen LogP contribution in [0.1, 0.15) is 11.1 Å². The fourth-order valence-corrected chi connectivity index (χ4v) is 5.31. The average Bonchev–Trinajstić information content (AvgIpc) is 2.54. The summed E-state index contributed by atoms with van der Waals surface area (Å²) < 4.78 is 5.28. The molecule has 1 amide bonds. The smallest absolute Gasteiger partial charge is 0.236 e. The molecular formula is C15H19NO2S2. The molecule has 3 nitrogen and oxygen atoms in total. The minimum Gasteiger partial charge on any atom is -0.497 e. The van der Waals surface area contributed by atoms with E-state index in [-0.39, 0.29) is 5.25 Å². The second-order valence-corrected chi connectivity index (χ2v) is 7.54. The van der Waals surface area contributed by atoms with E-state index in [4.69, 9.17) is 4.74 Å². The summed E-state index contributed by atoms with van der Waals surface area (Å²) in [6, 6.07) is 6.20. The van der Waals surface area contributed by atoms with Crippen molar-refractivity contribution in [3.05, 3.63) is 29.3 Å². The van der Waals surface area contributed by atoms with E-state index in [9.17, 15) is 4.79 Å². The van der Waals surface area contributed by atoms with Crippen molar-refractivity contribution in [1.29, 1.82) is 0 Å². The first-order valence-electron chi connectivity index (χ1n) is 6.92. The molecule has 1 fully saturated rings. The van der Waals surface area contributed by atoms with E-state index in [1.165, 1.54) is 16.9 Å². The Morgan fingerprint density at radius 3 is 3.00 bits per heavy atom. The Morgan fingerprint density at radius 2 is 2.25 bits per heavy atom. The minimum absolute atomic E-state index is 0.154. The predicted molar refractivity (Wildman–Crippen MR) is 85.7 cm³/mol. The molecule has 0 spiro atoms. The fraction of sp³-hybridized carbons (Fsp3) is 0.533. The third-order valence-electron chi connectivity index (χ3n) is 3.83. The van der Waals surface area contributed by atoms with Crippen LogP contribution in [0, 0.1) is 0 Å². The van der Waals surface area contributed by atoms with Gasteiger partial charge >= 0.3 is 0 Å². The Balaban J connectivity index is 1.72. The molecule has 2 aliphatic rings. The third kappa shape index (κ3) is 2.93. The maximum Gasteiger partial charge on any atom is 0.236 e. The number of fused-ring (bicyclic) bond motifs is 1. The molecule has 0 aliphatic carbocycles. The van der Waals surface area contributed by atoms with Gasteiger partial charge in [-0.05, 0) is 29.7 Å². The quantitative estimate of drug-likeness (QED) is 0.839. The van der Waals surface area contributed by atoms with Gasteiger partial charge in [0.25, 0.3) is 0 Å². The highest BCUT2D eigenvalue weighted by Gasteiger charge is 2.29. The summed E-state index contributed by atoms with van der Waals surface area (Å²) in [4.78, 5) is 14.6. The van der Waals surface area contributed by atoms with Crippen molar-refractivity contribution in [3.8, 4) is 5.75 Å². The topological polar surface area (TPSA) is 29.5 Å². The maximum absolute atomic E-state index is 12.6. The lowest BCUT2D eigenvalue weighted by Gasteiger charge is -2.32. The van der Waals surface area contributed by atoms with Gasteiger partial charge in [-0.3, -0.25) is 4.79 Å². The van der Waals surface area contributed by atoms with Crippen molar-refractivity contribution in [1.82, 2.24) is 4.90 Å². The largest absolute Gasteiger partial charge is 0.497 e. The first-order valence-corrected chi connectivity index (χ1v) is 9.12. The van der Waals surface area contributed by atoms with Crippen LogP contribution in [0.3, 0.4) is 0 Å². The van der Waals surface area contributed by atoms with Gasteiger partial charge in [0.05, 0.1) is 12.4 Å². The van der Waals surface area contributed by atoms with Gasteiger partial charge in [-0.1, -0.05) is 6.07 Å². The van der Waals surface area contributed by atoms with E-state index in [1.807, 2.05) is 34.5 Å². The lowest BCUT2D eigenvalue weighted by Crippen LogP contribution is -2.42. The van der Waals surface area contributed by atoms with Crippen LogP contribution in [0.2, 0.25) is 0 Å². The van der Waals surface area contributed by atoms with Gasteiger partial charge in [0.15, 0.2) is 0 Å². The van der Waals surface area contributed by atoms with Crippen LogP contribution in [0.15, 0.2) is 18.2 Å². The molecule has 1 saturated heterocycles. The van der Waals surface area contributed by atoms with Crippen LogP contribution in [-0.2, 0) is 17.8 Å². The molecule has 1 aromatic rings. The number of nitrogens with zero attached hydrogens (tertiary/aromatic N) is 1. The van der Waals surface area contributed by atoms with E-state index in [0.717, 1.165) is 36.8 Å². The highest BCUT2D eigenvalue weighted by atomic mass is 32.2. The number of hydrogen-bond acceptors (Lipinski definition) is 4. The zero-order valence-corrected chi connectivity index (χ0v) is 13.3. The summed E-state index contributed by atoms with van der Waals surface area (Å²) in [5.41, 5.74) is 2.58. The normalized spacial score (nSPS) is 22.2. The van der Waals surface area contributed by atoms with Gasteiger partial charge < -0.3 is 9.64 Å². The Kier molecular flexibility index (Phi) is 4.46. The zero-order valence-electron chi connectivity index (χ0n) is 11.6. The van der Waals surface area contributed by atoms with Gasteiger partial charge in [0, 0.05) is 30.3 Å². The number of thioether (sulfide) groups is 2. The molecule has 1 aromatic carbocycles. The standard InChI is InChI=1S/C15H19NO2S2/c1-18-13-3-2-11-4-5-16(9-12(11)8-13)15(17)14-10-19-6-7-20-14/h2-3,8,14H,4-7,9-10H2,1H3. The minimum atomic E-state index is 0.154. The Morgan fingerprint density at radius 1 is 1.35 bits per heavy atom. The SMILES string of the molecule is COc1ccc2c(c1)CN(C(=O)C1CSCCS1)CC2. The molecule has 3 rings (SSSR count). The van der Waals surface area contributed by atoms with E-state index in [0.29, 0.717) is 5.91 Å². The number of rotatable bonds is 2. The summed E-state index contributed by atoms with van der Waals surface area (Å²) >= 11 is 3.72. The van der Waals surface area contributed by atoms with E-state index in [1.54, 1.807) is 7.11 Å². The molecule has 0 aromatic heterocycles. The molecule has 20 heavy (non-hydrogen) atoms. The molecule has 2 heterocycles. The Labute approximate surface area is 128 Å². The van der Waals surface area contributed by atoms with Gasteiger partial charge in [0.1, 0.15) is 5.75 Å². The molecule has 108 valence electrons. The number of methoxy groups -OCH3 is 1. The molecule has 5 heteroatoms. The molecule has 1 atom stereocenters. The van der Waals surface area contributed by atoms with Crippen LogP contribution >= 0.6 is 23.5 Å². The molecule has 0 saturated carbocycles. The summed E-state index contributed by atoms with van der Waals surface area (Å²) in [5, 5.41) is 0.154. The van der Waals surface area contributed by atoms with E-state index in [2.05, 4.69) is 12.1 Å². The number of ether oxygens (including phenoxy) is 1. The second kappa shape index (κ2) is 6.31. The first kappa shape index (κ1) is 14.1.